The number of carbonyl (C=O) groups is 1. The monoisotopic (exact) mass is 319 g/mol. The van der Waals surface area contributed by atoms with Gasteiger partial charge in [0.05, 0.1) is 6.61 Å². The van der Waals surface area contributed by atoms with Crippen molar-refractivity contribution in [3.63, 3.8) is 0 Å². The first kappa shape index (κ1) is 16.5. The van der Waals surface area contributed by atoms with Crippen molar-refractivity contribution < 1.29 is 14.6 Å². The molecule has 0 saturated carbocycles. The molecular weight excluding hydrogens is 302 g/mol. The Kier molecular flexibility index (Phi) is 5.16. The summed E-state index contributed by atoms with van der Waals surface area (Å²) < 4.78 is 5.09. The van der Waals surface area contributed by atoms with Gasteiger partial charge < -0.3 is 9.84 Å². The molecule has 0 amide bonds. The maximum atomic E-state index is 12.4. The molecular formula is C17H18ClNO3. The van der Waals surface area contributed by atoms with E-state index in [9.17, 15) is 9.90 Å². The molecule has 0 spiro atoms. The molecule has 0 saturated heterocycles. The first-order chi connectivity index (χ1) is 10.5. The number of pyridine rings is 1. The number of hydrogen-bond acceptors (Lipinski definition) is 4. The Morgan fingerprint density at radius 3 is 2.41 bits per heavy atom. The number of ether oxygens (including phenoxy) is 1. The smallest absolute Gasteiger partial charge is 0.343 e. The van der Waals surface area contributed by atoms with Crippen molar-refractivity contribution in [3.05, 3.63) is 64.9 Å². The average Bonchev–Trinajstić information content (AvgIpc) is 2.55. The summed E-state index contributed by atoms with van der Waals surface area (Å²) in [4.78, 5) is 16.4. The van der Waals surface area contributed by atoms with Crippen LogP contribution in [0.25, 0.3) is 0 Å². The quantitative estimate of drug-likeness (QED) is 0.859. The molecule has 0 unspecified atom stereocenters. The van der Waals surface area contributed by atoms with Crippen LogP contribution in [0.3, 0.4) is 0 Å². The number of rotatable bonds is 5. The topological polar surface area (TPSA) is 59.4 Å². The summed E-state index contributed by atoms with van der Waals surface area (Å²) in [5.74, 6) is -1.19. The van der Waals surface area contributed by atoms with Gasteiger partial charge in [-0.1, -0.05) is 30.7 Å². The Hall–Kier alpha value is -1.91. The van der Waals surface area contributed by atoms with Gasteiger partial charge in [0.2, 0.25) is 0 Å². The molecule has 116 valence electrons. The Balaban J connectivity index is 2.48. The molecule has 1 aromatic carbocycles. The van der Waals surface area contributed by atoms with Gasteiger partial charge in [-0.25, -0.2) is 4.79 Å². The Bertz CT molecular complexity index is 630. The summed E-state index contributed by atoms with van der Waals surface area (Å²) in [6, 6.07) is 10.3. The number of aromatic nitrogens is 1. The maximum absolute atomic E-state index is 12.4. The van der Waals surface area contributed by atoms with E-state index in [1.807, 2.05) is 0 Å². The predicted molar refractivity (Wildman–Crippen MR) is 84.6 cm³/mol. The molecule has 0 fully saturated rings. The minimum atomic E-state index is -1.78. The van der Waals surface area contributed by atoms with Crippen molar-refractivity contribution in [3.8, 4) is 0 Å². The second-order valence-electron chi connectivity index (χ2n) is 5.00. The molecule has 0 aliphatic rings. The number of hydrogen-bond donors (Lipinski definition) is 1. The fourth-order valence-corrected chi connectivity index (χ4v) is 2.51. The van der Waals surface area contributed by atoms with E-state index in [1.165, 1.54) is 12.4 Å². The molecule has 22 heavy (non-hydrogen) atoms. The zero-order chi connectivity index (χ0) is 16.2. The molecule has 2 atom stereocenters. The molecule has 2 aromatic rings. The van der Waals surface area contributed by atoms with Crippen LogP contribution in [0.5, 0.6) is 0 Å². The van der Waals surface area contributed by atoms with Gasteiger partial charge in [0.1, 0.15) is 0 Å². The van der Waals surface area contributed by atoms with Gasteiger partial charge in [0.25, 0.3) is 0 Å². The summed E-state index contributed by atoms with van der Waals surface area (Å²) >= 11 is 5.90. The minimum absolute atomic E-state index is 0.194. The SMILES string of the molecule is CCOC(=O)[C@](O)(c1ccncc1)[C@@H](C)c1ccc(Cl)cc1. The molecule has 1 aromatic heterocycles. The summed E-state index contributed by atoms with van der Waals surface area (Å²) in [6.45, 7) is 3.68. The summed E-state index contributed by atoms with van der Waals surface area (Å²) in [7, 11) is 0. The molecule has 0 radical (unpaired) electrons. The molecule has 0 bridgehead atoms. The lowest BCUT2D eigenvalue weighted by molar-refractivity contribution is -0.168. The van der Waals surface area contributed by atoms with E-state index < -0.39 is 17.5 Å². The highest BCUT2D eigenvalue weighted by atomic mass is 35.5. The van der Waals surface area contributed by atoms with E-state index in [2.05, 4.69) is 4.98 Å². The number of carbonyl (C=O) groups excluding carboxylic acids is 1. The highest BCUT2D eigenvalue weighted by molar-refractivity contribution is 6.30. The summed E-state index contributed by atoms with van der Waals surface area (Å²) in [6.07, 6.45) is 3.07. The van der Waals surface area contributed by atoms with Crippen molar-refractivity contribution in [1.29, 1.82) is 0 Å². The van der Waals surface area contributed by atoms with Crippen molar-refractivity contribution >= 4 is 17.6 Å². The second-order valence-corrected chi connectivity index (χ2v) is 5.43. The van der Waals surface area contributed by atoms with Gasteiger partial charge in [-0.15, -0.1) is 0 Å². The fraction of sp³-hybridized carbons (Fsp3) is 0.294. The van der Waals surface area contributed by atoms with Crippen LogP contribution in [-0.4, -0.2) is 22.7 Å². The summed E-state index contributed by atoms with van der Waals surface area (Å²) in [5.41, 5.74) is -0.549. The van der Waals surface area contributed by atoms with Crippen LogP contribution in [0, 0.1) is 0 Å². The standard InChI is InChI=1S/C17H18ClNO3/c1-3-22-16(20)17(21,14-8-10-19-11-9-14)12(2)13-4-6-15(18)7-5-13/h4-12,21H,3H2,1-2H3/t12-,17+/m0/s1. The van der Waals surface area contributed by atoms with Crippen LogP contribution in [0.1, 0.15) is 30.9 Å². The van der Waals surface area contributed by atoms with Crippen LogP contribution in [-0.2, 0) is 15.1 Å². The first-order valence-corrected chi connectivity index (χ1v) is 7.43. The van der Waals surface area contributed by atoms with Crippen LogP contribution < -0.4 is 0 Å². The van der Waals surface area contributed by atoms with E-state index in [4.69, 9.17) is 16.3 Å². The third kappa shape index (κ3) is 3.13. The normalized spacial score (nSPS) is 14.9. The predicted octanol–water partition coefficient (Wildman–Crippen LogP) is 3.29. The van der Waals surface area contributed by atoms with Gasteiger partial charge in [0.15, 0.2) is 5.60 Å². The molecule has 0 aliphatic heterocycles. The van der Waals surface area contributed by atoms with Gasteiger partial charge in [-0.05, 0) is 42.3 Å². The first-order valence-electron chi connectivity index (χ1n) is 7.05. The average molecular weight is 320 g/mol. The number of nitrogens with zero attached hydrogens (tertiary/aromatic N) is 1. The number of benzene rings is 1. The van der Waals surface area contributed by atoms with E-state index in [1.54, 1.807) is 50.2 Å². The third-order valence-electron chi connectivity index (χ3n) is 3.70. The number of esters is 1. The molecule has 4 nitrogen and oxygen atoms in total. The molecule has 0 aliphatic carbocycles. The Morgan fingerprint density at radius 1 is 1.27 bits per heavy atom. The lowest BCUT2D eigenvalue weighted by Gasteiger charge is -2.32. The summed E-state index contributed by atoms with van der Waals surface area (Å²) in [5, 5.41) is 11.7. The molecule has 1 N–H and O–H groups in total. The highest BCUT2D eigenvalue weighted by Gasteiger charge is 2.45. The lowest BCUT2D eigenvalue weighted by Crippen LogP contribution is -2.42. The van der Waals surface area contributed by atoms with Crippen molar-refractivity contribution in [2.45, 2.75) is 25.4 Å². The molecule has 5 heteroatoms. The van der Waals surface area contributed by atoms with Gasteiger partial charge in [-0.3, -0.25) is 4.98 Å². The lowest BCUT2D eigenvalue weighted by atomic mass is 9.78. The van der Waals surface area contributed by atoms with Crippen LogP contribution in [0.4, 0.5) is 0 Å². The Labute approximate surface area is 134 Å². The van der Waals surface area contributed by atoms with Crippen LogP contribution >= 0.6 is 11.6 Å². The fourth-order valence-electron chi connectivity index (χ4n) is 2.38. The van der Waals surface area contributed by atoms with Gasteiger partial charge in [0, 0.05) is 23.3 Å². The Morgan fingerprint density at radius 2 is 1.86 bits per heavy atom. The van der Waals surface area contributed by atoms with E-state index >= 15 is 0 Å². The minimum Gasteiger partial charge on any atom is -0.464 e. The molecule has 1 heterocycles. The second kappa shape index (κ2) is 6.90. The molecule has 2 rings (SSSR count). The van der Waals surface area contributed by atoms with Crippen molar-refractivity contribution in [2.75, 3.05) is 6.61 Å². The van der Waals surface area contributed by atoms with Gasteiger partial charge >= 0.3 is 5.97 Å². The van der Waals surface area contributed by atoms with Crippen LogP contribution in [0.15, 0.2) is 48.8 Å². The van der Waals surface area contributed by atoms with Gasteiger partial charge in [-0.2, -0.15) is 0 Å². The van der Waals surface area contributed by atoms with E-state index in [0.29, 0.717) is 10.6 Å². The maximum Gasteiger partial charge on any atom is 0.343 e. The highest BCUT2D eigenvalue weighted by Crippen LogP contribution is 2.38. The van der Waals surface area contributed by atoms with E-state index in [0.717, 1.165) is 5.56 Å². The third-order valence-corrected chi connectivity index (χ3v) is 3.96. The zero-order valence-corrected chi connectivity index (χ0v) is 13.2. The van der Waals surface area contributed by atoms with Crippen molar-refractivity contribution in [2.24, 2.45) is 0 Å². The van der Waals surface area contributed by atoms with Crippen molar-refractivity contribution in [1.82, 2.24) is 4.98 Å². The number of halogens is 1. The zero-order valence-electron chi connectivity index (χ0n) is 12.5. The van der Waals surface area contributed by atoms with E-state index in [-0.39, 0.29) is 6.61 Å². The largest absolute Gasteiger partial charge is 0.464 e. The van der Waals surface area contributed by atoms with Crippen LogP contribution in [0.2, 0.25) is 5.02 Å². The number of aliphatic hydroxyl groups is 1.